The van der Waals surface area contributed by atoms with Crippen molar-refractivity contribution in [2.24, 2.45) is 0 Å². The summed E-state index contributed by atoms with van der Waals surface area (Å²) in [4.78, 5) is 31.0. The maximum absolute atomic E-state index is 12.3. The van der Waals surface area contributed by atoms with Gasteiger partial charge in [-0.3, -0.25) is 4.79 Å². The summed E-state index contributed by atoms with van der Waals surface area (Å²) in [5.74, 6) is 1.31. The van der Waals surface area contributed by atoms with E-state index in [-0.39, 0.29) is 12.3 Å². The monoisotopic (exact) mass is 477 g/mol. The standard InChI is InChI=1S/C25H28ClN7O/c1-15-20(6-7-22(28-15)33(3)18-8-10-32(2)11-9-18)30-25-27-14-16-12-23(34)29-21-13-17(26)4-5-19(21)24(16)31-25/h4-7,13-14,18H,8-12H2,1-3H3,(H,29,34)(H,27,30,31). The van der Waals surface area contributed by atoms with Crippen molar-refractivity contribution in [3.05, 3.63) is 52.8 Å². The molecule has 0 aliphatic carbocycles. The highest BCUT2D eigenvalue weighted by Gasteiger charge is 2.23. The lowest BCUT2D eigenvalue weighted by Gasteiger charge is -2.35. The second kappa shape index (κ2) is 9.19. The van der Waals surface area contributed by atoms with Gasteiger partial charge in [0.1, 0.15) is 5.82 Å². The van der Waals surface area contributed by atoms with Crippen LogP contribution < -0.4 is 15.5 Å². The minimum atomic E-state index is -0.115. The molecule has 3 aromatic rings. The van der Waals surface area contributed by atoms with E-state index < -0.39 is 0 Å². The Balaban J connectivity index is 1.39. The summed E-state index contributed by atoms with van der Waals surface area (Å²) in [7, 11) is 4.30. The molecule has 1 amide bonds. The number of nitrogens with one attached hydrogen (secondary N) is 2. The van der Waals surface area contributed by atoms with Crippen LogP contribution in [0, 0.1) is 6.92 Å². The molecule has 2 aliphatic heterocycles. The Hall–Kier alpha value is -3.23. The Kier molecular flexibility index (Phi) is 6.10. The van der Waals surface area contributed by atoms with Crippen molar-refractivity contribution in [2.45, 2.75) is 32.2 Å². The number of rotatable bonds is 4. The zero-order valence-corrected chi connectivity index (χ0v) is 20.4. The number of amides is 1. The second-order valence-corrected chi connectivity index (χ2v) is 9.49. The fraction of sp³-hybridized carbons (Fsp3) is 0.360. The van der Waals surface area contributed by atoms with Crippen LogP contribution in [0.1, 0.15) is 24.1 Å². The van der Waals surface area contributed by atoms with Gasteiger partial charge < -0.3 is 20.4 Å². The third-order valence-corrected chi connectivity index (χ3v) is 6.88. The molecular formula is C25H28ClN7O. The number of hydrogen-bond donors (Lipinski definition) is 2. The number of fused-ring (bicyclic) bond motifs is 3. The van der Waals surface area contributed by atoms with E-state index in [1.165, 1.54) is 0 Å². The number of piperidine rings is 1. The molecule has 8 nitrogen and oxygen atoms in total. The Morgan fingerprint density at radius 1 is 1.18 bits per heavy atom. The SMILES string of the molecule is Cc1nc(N(C)C2CCN(C)CC2)ccc1Nc1ncc2c(n1)-c1ccc(Cl)cc1NC(=O)C2. The van der Waals surface area contributed by atoms with E-state index in [1.54, 1.807) is 18.3 Å². The van der Waals surface area contributed by atoms with Crippen molar-refractivity contribution < 1.29 is 4.79 Å². The van der Waals surface area contributed by atoms with Crippen LogP contribution in [-0.2, 0) is 11.2 Å². The van der Waals surface area contributed by atoms with E-state index in [0.717, 1.165) is 54.3 Å². The molecule has 0 atom stereocenters. The summed E-state index contributed by atoms with van der Waals surface area (Å²) >= 11 is 6.14. The summed E-state index contributed by atoms with van der Waals surface area (Å²) in [6.07, 6.45) is 4.20. The van der Waals surface area contributed by atoms with E-state index in [2.05, 4.69) is 39.5 Å². The number of nitrogens with zero attached hydrogens (tertiary/aromatic N) is 5. The minimum Gasteiger partial charge on any atom is -0.357 e. The second-order valence-electron chi connectivity index (χ2n) is 9.06. The quantitative estimate of drug-likeness (QED) is 0.580. The molecule has 4 heterocycles. The van der Waals surface area contributed by atoms with E-state index in [0.29, 0.717) is 28.4 Å². The fourth-order valence-corrected chi connectivity index (χ4v) is 4.76. The Morgan fingerprint density at radius 3 is 2.74 bits per heavy atom. The number of aromatic nitrogens is 3. The van der Waals surface area contributed by atoms with Gasteiger partial charge in [-0.05, 0) is 70.2 Å². The van der Waals surface area contributed by atoms with Crippen molar-refractivity contribution in [1.29, 1.82) is 0 Å². The number of carbonyl (C=O) groups is 1. The van der Waals surface area contributed by atoms with E-state index >= 15 is 0 Å². The van der Waals surface area contributed by atoms with Crippen LogP contribution in [-0.4, -0.2) is 59.0 Å². The van der Waals surface area contributed by atoms with Crippen LogP contribution in [0.3, 0.4) is 0 Å². The first-order chi connectivity index (χ1) is 16.4. The molecule has 1 saturated heterocycles. The average molecular weight is 478 g/mol. The minimum absolute atomic E-state index is 0.115. The number of pyridine rings is 1. The first kappa shape index (κ1) is 22.6. The smallest absolute Gasteiger partial charge is 0.228 e. The largest absolute Gasteiger partial charge is 0.357 e. The molecule has 0 saturated carbocycles. The normalized spacial score (nSPS) is 16.3. The lowest BCUT2D eigenvalue weighted by molar-refractivity contribution is -0.115. The highest BCUT2D eigenvalue weighted by Crippen LogP contribution is 2.35. The summed E-state index contributed by atoms with van der Waals surface area (Å²) in [5.41, 5.74) is 4.68. The molecule has 1 fully saturated rings. The molecule has 0 unspecified atom stereocenters. The fourth-order valence-electron chi connectivity index (χ4n) is 4.59. The number of carbonyl (C=O) groups excluding carboxylic acids is 1. The Morgan fingerprint density at radius 2 is 1.97 bits per heavy atom. The van der Waals surface area contributed by atoms with Gasteiger partial charge in [0.05, 0.1) is 29.2 Å². The zero-order valence-electron chi connectivity index (χ0n) is 19.6. The lowest BCUT2D eigenvalue weighted by atomic mass is 10.0. The molecule has 2 N–H and O–H groups in total. The highest BCUT2D eigenvalue weighted by molar-refractivity contribution is 6.31. The van der Waals surface area contributed by atoms with Crippen molar-refractivity contribution in [3.63, 3.8) is 0 Å². The number of likely N-dealkylation sites (tertiary alicyclic amines) is 1. The van der Waals surface area contributed by atoms with Gasteiger partial charge in [-0.1, -0.05) is 11.6 Å². The number of aryl methyl sites for hydroxylation is 1. The van der Waals surface area contributed by atoms with Gasteiger partial charge in [-0.15, -0.1) is 0 Å². The first-order valence-corrected chi connectivity index (χ1v) is 11.9. The van der Waals surface area contributed by atoms with Gasteiger partial charge >= 0.3 is 0 Å². The zero-order chi connectivity index (χ0) is 23.8. The molecule has 0 spiro atoms. The van der Waals surface area contributed by atoms with Crippen molar-refractivity contribution in [3.8, 4) is 11.3 Å². The predicted octanol–water partition coefficient (Wildman–Crippen LogP) is 4.27. The van der Waals surface area contributed by atoms with Crippen LogP contribution in [0.4, 0.5) is 23.1 Å². The summed E-state index contributed by atoms with van der Waals surface area (Å²) in [6.45, 7) is 4.21. The van der Waals surface area contributed by atoms with Crippen LogP contribution in [0.5, 0.6) is 0 Å². The lowest BCUT2D eigenvalue weighted by Crippen LogP contribution is -2.42. The van der Waals surface area contributed by atoms with Gasteiger partial charge in [0, 0.05) is 35.4 Å². The molecule has 9 heteroatoms. The molecule has 0 bridgehead atoms. The number of anilines is 4. The molecule has 2 aliphatic rings. The molecule has 0 radical (unpaired) electrons. The maximum atomic E-state index is 12.3. The summed E-state index contributed by atoms with van der Waals surface area (Å²) < 4.78 is 0. The van der Waals surface area contributed by atoms with Crippen LogP contribution in [0.25, 0.3) is 11.3 Å². The molecular weight excluding hydrogens is 450 g/mol. The molecule has 2 aromatic heterocycles. The van der Waals surface area contributed by atoms with Gasteiger partial charge in [0.2, 0.25) is 11.9 Å². The molecule has 176 valence electrons. The predicted molar refractivity (Wildman–Crippen MR) is 136 cm³/mol. The highest BCUT2D eigenvalue weighted by atomic mass is 35.5. The van der Waals surface area contributed by atoms with E-state index in [4.69, 9.17) is 21.6 Å². The number of benzene rings is 1. The van der Waals surface area contributed by atoms with Crippen molar-refractivity contribution >= 4 is 40.6 Å². The molecule has 5 rings (SSSR count). The average Bonchev–Trinajstić information content (AvgIpc) is 2.95. The summed E-state index contributed by atoms with van der Waals surface area (Å²) in [6, 6.07) is 9.98. The number of hydrogen-bond acceptors (Lipinski definition) is 7. The third-order valence-electron chi connectivity index (χ3n) is 6.64. The van der Waals surface area contributed by atoms with Crippen molar-refractivity contribution in [2.75, 3.05) is 42.7 Å². The van der Waals surface area contributed by atoms with Crippen LogP contribution >= 0.6 is 11.6 Å². The molecule has 1 aromatic carbocycles. The van der Waals surface area contributed by atoms with Gasteiger partial charge in [-0.2, -0.15) is 0 Å². The first-order valence-electron chi connectivity index (χ1n) is 11.5. The van der Waals surface area contributed by atoms with Gasteiger partial charge in [0.15, 0.2) is 0 Å². The van der Waals surface area contributed by atoms with Crippen LogP contribution in [0.2, 0.25) is 5.02 Å². The summed E-state index contributed by atoms with van der Waals surface area (Å²) in [5, 5.41) is 6.77. The van der Waals surface area contributed by atoms with Gasteiger partial charge in [0.25, 0.3) is 0 Å². The van der Waals surface area contributed by atoms with E-state index in [9.17, 15) is 4.79 Å². The van der Waals surface area contributed by atoms with Gasteiger partial charge in [-0.25, -0.2) is 15.0 Å². The molecule has 34 heavy (non-hydrogen) atoms. The number of halogens is 1. The van der Waals surface area contributed by atoms with Crippen molar-refractivity contribution in [1.82, 2.24) is 19.9 Å². The topological polar surface area (TPSA) is 86.3 Å². The third kappa shape index (κ3) is 4.56. The van der Waals surface area contributed by atoms with E-state index in [1.807, 2.05) is 25.1 Å². The maximum Gasteiger partial charge on any atom is 0.228 e. The Labute approximate surface area is 204 Å². The van der Waals surface area contributed by atoms with Crippen LogP contribution in [0.15, 0.2) is 36.5 Å². The Bertz CT molecular complexity index is 1240.